The lowest BCUT2D eigenvalue weighted by Crippen LogP contribution is -2.16. The van der Waals surface area contributed by atoms with Crippen molar-refractivity contribution in [2.45, 2.75) is 25.7 Å². The van der Waals surface area contributed by atoms with E-state index in [1.165, 1.54) is 26.4 Å². The summed E-state index contributed by atoms with van der Waals surface area (Å²) >= 11 is 11.2. The second-order valence-electron chi connectivity index (χ2n) is 5.28. The highest BCUT2D eigenvalue weighted by Crippen LogP contribution is 2.35. The maximum atomic E-state index is 12.0. The topological polar surface area (TPSA) is 93.7 Å². The number of benzene rings is 1. The molecule has 2 N–H and O–H groups in total. The van der Waals surface area contributed by atoms with Gasteiger partial charge in [-0.05, 0) is 25.0 Å². The molecule has 144 valence electrons. The lowest BCUT2D eigenvalue weighted by atomic mass is 10.1. The summed E-state index contributed by atoms with van der Waals surface area (Å²) in [5.41, 5.74) is 0.666. The Bertz CT molecular complexity index is 609. The van der Waals surface area contributed by atoms with Gasteiger partial charge in [0.05, 0.1) is 31.2 Å². The molecule has 0 spiro atoms. The van der Waals surface area contributed by atoms with E-state index in [1.54, 1.807) is 0 Å². The zero-order chi connectivity index (χ0) is 19.5. The fourth-order valence-corrected chi connectivity index (χ4v) is 2.42. The molecular weight excluding hydrogens is 383 g/mol. The van der Waals surface area contributed by atoms with Gasteiger partial charge in [0.15, 0.2) is 5.75 Å². The van der Waals surface area contributed by atoms with E-state index in [2.05, 4.69) is 10.6 Å². The molecule has 0 saturated heterocycles. The summed E-state index contributed by atoms with van der Waals surface area (Å²) in [6, 6.07) is 2.86. The number of esters is 1. The summed E-state index contributed by atoms with van der Waals surface area (Å²) < 4.78 is 10.0. The minimum absolute atomic E-state index is 0.161. The van der Waals surface area contributed by atoms with Gasteiger partial charge >= 0.3 is 5.97 Å². The van der Waals surface area contributed by atoms with Gasteiger partial charge in [-0.3, -0.25) is 9.59 Å². The Balaban J connectivity index is 3.20. The minimum Gasteiger partial charge on any atom is -0.492 e. The van der Waals surface area contributed by atoms with Crippen molar-refractivity contribution < 1.29 is 23.9 Å². The number of alkyl halides is 2. The van der Waals surface area contributed by atoms with Crippen LogP contribution >= 0.6 is 23.2 Å². The van der Waals surface area contributed by atoms with Crippen molar-refractivity contribution in [1.82, 2.24) is 0 Å². The molecule has 1 rings (SSSR count). The maximum absolute atomic E-state index is 12.0. The Morgan fingerprint density at radius 1 is 0.923 bits per heavy atom. The molecule has 0 aliphatic rings. The summed E-state index contributed by atoms with van der Waals surface area (Å²) in [4.78, 5) is 36.0. The van der Waals surface area contributed by atoms with Gasteiger partial charge in [0, 0.05) is 24.6 Å². The minimum atomic E-state index is -0.611. The van der Waals surface area contributed by atoms with Crippen molar-refractivity contribution in [3.8, 4) is 5.75 Å². The van der Waals surface area contributed by atoms with E-state index in [4.69, 9.17) is 32.7 Å². The summed E-state index contributed by atoms with van der Waals surface area (Å²) in [6.45, 7) is 0. The van der Waals surface area contributed by atoms with Crippen LogP contribution in [0.3, 0.4) is 0 Å². The number of carbonyl (C=O) groups excluding carboxylic acids is 3. The number of hydrogen-bond acceptors (Lipinski definition) is 5. The fourth-order valence-electron chi connectivity index (χ4n) is 2.15. The van der Waals surface area contributed by atoms with Crippen molar-refractivity contribution in [2.75, 3.05) is 36.6 Å². The number of anilines is 2. The molecule has 9 heteroatoms. The van der Waals surface area contributed by atoms with E-state index in [1.807, 2.05) is 0 Å². The molecule has 0 aliphatic heterocycles. The molecule has 0 atom stereocenters. The predicted octanol–water partition coefficient (Wildman–Crippen LogP) is 3.40. The van der Waals surface area contributed by atoms with Gasteiger partial charge in [0.2, 0.25) is 11.8 Å². The maximum Gasteiger partial charge on any atom is 0.338 e. The van der Waals surface area contributed by atoms with E-state index >= 15 is 0 Å². The standard InChI is InChI=1S/C17H22Cl2N2O5/c1-25-16-12(20-14(22)5-3-7-18)9-11(17(24)26-2)10-13(16)21-15(23)6-4-8-19/h9-10H,3-8H2,1-2H3,(H,20,22)(H,21,23). The molecule has 0 heterocycles. The molecule has 0 aromatic heterocycles. The van der Waals surface area contributed by atoms with Crippen molar-refractivity contribution in [3.05, 3.63) is 17.7 Å². The largest absolute Gasteiger partial charge is 0.492 e. The fraction of sp³-hybridized carbons (Fsp3) is 0.471. The first-order valence-corrected chi connectivity index (χ1v) is 9.05. The number of ether oxygens (including phenoxy) is 2. The van der Waals surface area contributed by atoms with Crippen LogP contribution in [0.25, 0.3) is 0 Å². The lowest BCUT2D eigenvalue weighted by molar-refractivity contribution is -0.117. The van der Waals surface area contributed by atoms with Gasteiger partial charge in [-0.25, -0.2) is 4.79 Å². The van der Waals surface area contributed by atoms with Crippen LogP contribution in [-0.4, -0.2) is 43.8 Å². The second kappa shape index (κ2) is 11.6. The van der Waals surface area contributed by atoms with E-state index < -0.39 is 5.97 Å². The molecule has 1 aromatic rings. The van der Waals surface area contributed by atoms with Crippen LogP contribution in [0.4, 0.5) is 11.4 Å². The van der Waals surface area contributed by atoms with Gasteiger partial charge in [0.25, 0.3) is 0 Å². The average molecular weight is 405 g/mol. The molecule has 1 aromatic carbocycles. The molecule has 0 unspecified atom stereocenters. The van der Waals surface area contributed by atoms with Crippen LogP contribution in [-0.2, 0) is 14.3 Å². The van der Waals surface area contributed by atoms with Crippen molar-refractivity contribution in [3.63, 3.8) is 0 Å². The third-order valence-corrected chi connectivity index (χ3v) is 3.87. The van der Waals surface area contributed by atoms with Crippen molar-refractivity contribution in [2.24, 2.45) is 0 Å². The number of hydrogen-bond donors (Lipinski definition) is 2. The molecule has 2 amide bonds. The lowest BCUT2D eigenvalue weighted by Gasteiger charge is -2.17. The number of halogens is 2. The first-order valence-electron chi connectivity index (χ1n) is 7.98. The smallest absolute Gasteiger partial charge is 0.338 e. The molecule has 7 nitrogen and oxygen atoms in total. The number of carbonyl (C=O) groups is 3. The highest BCUT2D eigenvalue weighted by molar-refractivity contribution is 6.18. The highest BCUT2D eigenvalue weighted by atomic mass is 35.5. The Labute approximate surface area is 162 Å². The van der Waals surface area contributed by atoms with Crippen molar-refractivity contribution >= 4 is 52.4 Å². The van der Waals surface area contributed by atoms with Gasteiger partial charge in [-0.1, -0.05) is 0 Å². The first-order chi connectivity index (χ1) is 12.5. The number of rotatable bonds is 10. The Morgan fingerprint density at radius 2 is 1.38 bits per heavy atom. The molecule has 0 saturated carbocycles. The highest BCUT2D eigenvalue weighted by Gasteiger charge is 2.19. The molecule has 0 bridgehead atoms. The van der Waals surface area contributed by atoms with Gasteiger partial charge in [-0.15, -0.1) is 23.2 Å². The molecule has 0 aliphatic carbocycles. The third-order valence-electron chi connectivity index (χ3n) is 3.34. The zero-order valence-corrected chi connectivity index (χ0v) is 16.2. The predicted molar refractivity (Wildman–Crippen MR) is 102 cm³/mol. The molecule has 0 radical (unpaired) electrons. The van der Waals surface area contributed by atoms with Gasteiger partial charge in [0.1, 0.15) is 0 Å². The Morgan fingerprint density at radius 3 is 1.73 bits per heavy atom. The van der Waals surface area contributed by atoms with Crippen molar-refractivity contribution in [1.29, 1.82) is 0 Å². The number of amides is 2. The summed E-state index contributed by atoms with van der Waals surface area (Å²) in [7, 11) is 2.64. The van der Waals surface area contributed by atoms with Gasteiger partial charge < -0.3 is 20.1 Å². The summed E-state index contributed by atoms with van der Waals surface area (Å²) in [5.74, 6) is -0.240. The monoisotopic (exact) mass is 404 g/mol. The van der Waals surface area contributed by atoms with E-state index in [0.717, 1.165) is 0 Å². The Hall–Kier alpha value is -1.99. The average Bonchev–Trinajstić information content (AvgIpc) is 2.63. The van der Waals surface area contributed by atoms with Crippen LogP contribution in [0.2, 0.25) is 0 Å². The first kappa shape index (κ1) is 22.1. The molecule has 26 heavy (non-hydrogen) atoms. The number of nitrogens with one attached hydrogen (secondary N) is 2. The quantitative estimate of drug-likeness (QED) is 0.460. The van der Waals surface area contributed by atoms with Crippen LogP contribution in [0.1, 0.15) is 36.0 Å². The zero-order valence-electron chi connectivity index (χ0n) is 14.7. The van der Waals surface area contributed by atoms with Crippen LogP contribution < -0.4 is 15.4 Å². The van der Waals surface area contributed by atoms with E-state index in [-0.39, 0.29) is 47.3 Å². The second-order valence-corrected chi connectivity index (χ2v) is 6.03. The summed E-state index contributed by atoms with van der Waals surface area (Å²) in [6.07, 6.45) is 1.45. The summed E-state index contributed by atoms with van der Waals surface area (Å²) in [5, 5.41) is 5.34. The van der Waals surface area contributed by atoms with Gasteiger partial charge in [-0.2, -0.15) is 0 Å². The van der Waals surface area contributed by atoms with Crippen LogP contribution in [0.5, 0.6) is 5.75 Å². The van der Waals surface area contributed by atoms with Crippen LogP contribution in [0.15, 0.2) is 12.1 Å². The molecule has 0 fully saturated rings. The molecular formula is C17H22Cl2N2O5. The van der Waals surface area contributed by atoms with Crippen LogP contribution in [0, 0.1) is 0 Å². The Kier molecular flexibility index (Phi) is 9.83. The SMILES string of the molecule is COC(=O)c1cc(NC(=O)CCCCl)c(OC)c(NC(=O)CCCCl)c1. The van der Waals surface area contributed by atoms with E-state index in [0.29, 0.717) is 24.6 Å². The number of methoxy groups -OCH3 is 2. The van der Waals surface area contributed by atoms with E-state index in [9.17, 15) is 14.4 Å². The third kappa shape index (κ3) is 6.72. The normalized spacial score (nSPS) is 10.2.